The molecule has 0 bridgehead atoms. The minimum Gasteiger partial charge on any atom is -0.382 e. The van der Waals surface area contributed by atoms with E-state index in [-0.39, 0.29) is 11.5 Å². The lowest BCUT2D eigenvalue weighted by Gasteiger charge is -2.35. The Labute approximate surface area is 173 Å². The van der Waals surface area contributed by atoms with Crippen LogP contribution in [0.5, 0.6) is 0 Å². The highest BCUT2D eigenvalue weighted by Crippen LogP contribution is 2.37. The molecule has 2 aliphatic rings. The largest absolute Gasteiger partial charge is 0.382 e. The van der Waals surface area contributed by atoms with Gasteiger partial charge in [0.05, 0.1) is 10.1 Å². The number of halogens is 1. The Hall–Kier alpha value is -1.42. The molecule has 0 spiro atoms. The van der Waals surface area contributed by atoms with Crippen LogP contribution in [-0.2, 0) is 14.6 Å². The molecule has 152 valence electrons. The molecule has 9 heteroatoms. The van der Waals surface area contributed by atoms with Gasteiger partial charge >= 0.3 is 0 Å². The van der Waals surface area contributed by atoms with Gasteiger partial charge < -0.3 is 15.4 Å². The lowest BCUT2D eigenvalue weighted by Crippen LogP contribution is -2.52. The smallest absolute Gasteiger partial charge is 0.184 e. The summed E-state index contributed by atoms with van der Waals surface area (Å²) < 4.78 is 34.4. The van der Waals surface area contributed by atoms with E-state index in [1.165, 1.54) is 0 Å². The second-order valence-corrected chi connectivity index (χ2v) is 10.7. The summed E-state index contributed by atoms with van der Waals surface area (Å²) in [5.74, 6) is 0.390. The van der Waals surface area contributed by atoms with Crippen LogP contribution in [0.4, 0.5) is 5.82 Å². The predicted octanol–water partition coefficient (Wildman–Crippen LogP) is 2.99. The van der Waals surface area contributed by atoms with E-state index in [1.807, 2.05) is 29.6 Å². The standard InChI is InChI=1S/C19H25BrN4O3S/c1-12-18(19(21)22-24(12)17-5-3-4-8-27-17)13-6-7-15(20)16(9-13)28(25,26)14-10-23(2)11-14/h6-7,9,14,17H,3-5,8,10-11H2,1-2H3,(H2,21,22). The molecule has 0 saturated carbocycles. The third-order valence-corrected chi connectivity index (χ3v) is 8.68. The Morgan fingerprint density at radius 2 is 2.04 bits per heavy atom. The fourth-order valence-electron chi connectivity index (χ4n) is 3.99. The number of hydrogen-bond donors (Lipinski definition) is 1. The Bertz CT molecular complexity index is 993. The summed E-state index contributed by atoms with van der Waals surface area (Å²) in [4.78, 5) is 2.31. The number of ether oxygens (including phenoxy) is 1. The zero-order chi connectivity index (χ0) is 20.1. The molecule has 4 rings (SSSR count). The molecule has 2 N–H and O–H groups in total. The van der Waals surface area contributed by atoms with Crippen molar-refractivity contribution in [3.05, 3.63) is 28.4 Å². The van der Waals surface area contributed by atoms with Crippen molar-refractivity contribution in [3.8, 4) is 11.1 Å². The van der Waals surface area contributed by atoms with Gasteiger partial charge in [-0.25, -0.2) is 13.1 Å². The monoisotopic (exact) mass is 468 g/mol. The third-order valence-electron chi connectivity index (χ3n) is 5.60. The van der Waals surface area contributed by atoms with Crippen molar-refractivity contribution < 1.29 is 13.2 Å². The number of benzene rings is 1. The van der Waals surface area contributed by atoms with Gasteiger partial charge in [-0.15, -0.1) is 0 Å². The normalized spacial score (nSPS) is 21.6. The number of nitrogens with two attached hydrogens (primary N) is 1. The van der Waals surface area contributed by atoms with Crippen molar-refractivity contribution >= 4 is 31.6 Å². The molecule has 2 fully saturated rings. The maximum Gasteiger partial charge on any atom is 0.184 e. The van der Waals surface area contributed by atoms with Crippen LogP contribution < -0.4 is 5.73 Å². The van der Waals surface area contributed by atoms with Crippen LogP contribution in [0.3, 0.4) is 0 Å². The Kier molecular flexibility index (Phi) is 5.28. The van der Waals surface area contributed by atoms with E-state index in [9.17, 15) is 8.42 Å². The lowest BCUT2D eigenvalue weighted by molar-refractivity contribution is -0.0404. The van der Waals surface area contributed by atoms with Crippen molar-refractivity contribution in [2.24, 2.45) is 0 Å². The number of sulfone groups is 1. The van der Waals surface area contributed by atoms with Gasteiger partial charge in [0.1, 0.15) is 0 Å². The SMILES string of the molecule is Cc1c(-c2ccc(Br)c(S(=O)(=O)C3CN(C)C3)c2)c(N)nn1C1CCCCO1. The maximum absolute atomic E-state index is 13.1. The van der Waals surface area contributed by atoms with E-state index in [1.54, 1.807) is 12.1 Å². The summed E-state index contributed by atoms with van der Waals surface area (Å²) in [5.41, 5.74) is 8.65. The van der Waals surface area contributed by atoms with E-state index >= 15 is 0 Å². The number of nitrogens with zero attached hydrogens (tertiary/aromatic N) is 3. The molecular weight excluding hydrogens is 444 g/mol. The van der Waals surface area contributed by atoms with Crippen molar-refractivity contribution in [1.29, 1.82) is 0 Å². The minimum atomic E-state index is -3.42. The first-order valence-electron chi connectivity index (χ1n) is 9.47. The molecule has 1 aromatic carbocycles. The van der Waals surface area contributed by atoms with Gasteiger partial charge in [0.25, 0.3) is 0 Å². The van der Waals surface area contributed by atoms with Crippen LogP contribution >= 0.6 is 15.9 Å². The van der Waals surface area contributed by atoms with Gasteiger partial charge in [0.15, 0.2) is 21.9 Å². The first-order valence-corrected chi connectivity index (χ1v) is 11.8. The van der Waals surface area contributed by atoms with Crippen LogP contribution in [0.25, 0.3) is 11.1 Å². The molecule has 2 aromatic rings. The Morgan fingerprint density at radius 3 is 2.68 bits per heavy atom. The highest BCUT2D eigenvalue weighted by Gasteiger charge is 2.37. The minimum absolute atomic E-state index is 0.117. The van der Waals surface area contributed by atoms with Gasteiger partial charge in [0, 0.05) is 35.4 Å². The Balaban J connectivity index is 1.74. The highest BCUT2D eigenvalue weighted by atomic mass is 79.9. The molecule has 1 atom stereocenters. The van der Waals surface area contributed by atoms with Crippen molar-refractivity contribution in [2.75, 3.05) is 32.5 Å². The molecule has 3 heterocycles. The topological polar surface area (TPSA) is 90.5 Å². The fraction of sp³-hybridized carbons (Fsp3) is 0.526. The lowest BCUT2D eigenvalue weighted by atomic mass is 10.1. The van der Waals surface area contributed by atoms with Crippen LogP contribution in [-0.4, -0.2) is 55.1 Å². The van der Waals surface area contributed by atoms with E-state index in [2.05, 4.69) is 21.0 Å². The van der Waals surface area contributed by atoms with Gasteiger partial charge in [0.2, 0.25) is 0 Å². The van der Waals surface area contributed by atoms with E-state index in [0.717, 1.165) is 42.7 Å². The molecule has 1 aromatic heterocycles. The summed E-state index contributed by atoms with van der Waals surface area (Å²) in [6.07, 6.45) is 2.93. The molecule has 28 heavy (non-hydrogen) atoms. The van der Waals surface area contributed by atoms with Crippen LogP contribution in [0, 0.1) is 6.92 Å². The summed E-state index contributed by atoms with van der Waals surface area (Å²) in [7, 11) is -1.50. The number of likely N-dealkylation sites (tertiary alicyclic amines) is 1. The van der Waals surface area contributed by atoms with E-state index < -0.39 is 9.84 Å². The predicted molar refractivity (Wildman–Crippen MR) is 112 cm³/mol. The van der Waals surface area contributed by atoms with Crippen molar-refractivity contribution in [3.63, 3.8) is 0 Å². The van der Waals surface area contributed by atoms with Crippen LogP contribution in [0.15, 0.2) is 27.6 Å². The number of anilines is 1. The number of hydrogen-bond acceptors (Lipinski definition) is 6. The summed E-state index contributed by atoms with van der Waals surface area (Å²) in [6.45, 7) is 3.78. The van der Waals surface area contributed by atoms with Gasteiger partial charge in [-0.3, -0.25) is 0 Å². The zero-order valence-corrected chi connectivity index (χ0v) is 18.5. The molecule has 0 amide bonds. The molecule has 2 saturated heterocycles. The molecule has 0 radical (unpaired) electrons. The molecule has 1 unspecified atom stereocenters. The average Bonchev–Trinajstić information content (AvgIpc) is 2.94. The van der Waals surface area contributed by atoms with Crippen molar-refractivity contribution in [2.45, 2.75) is 42.6 Å². The second kappa shape index (κ2) is 7.44. The zero-order valence-electron chi connectivity index (χ0n) is 16.1. The molecule has 0 aliphatic carbocycles. The van der Waals surface area contributed by atoms with E-state index in [0.29, 0.717) is 28.3 Å². The highest BCUT2D eigenvalue weighted by molar-refractivity contribution is 9.10. The quantitative estimate of drug-likeness (QED) is 0.741. The average molecular weight is 469 g/mol. The van der Waals surface area contributed by atoms with Crippen LogP contribution in [0.2, 0.25) is 0 Å². The summed E-state index contributed by atoms with van der Waals surface area (Å²) in [5, 5.41) is 4.12. The molecule has 7 nitrogen and oxygen atoms in total. The van der Waals surface area contributed by atoms with Gasteiger partial charge in [-0.2, -0.15) is 5.10 Å². The van der Waals surface area contributed by atoms with Crippen LogP contribution in [0.1, 0.15) is 31.2 Å². The molecular formula is C19H25BrN4O3S. The second-order valence-electron chi connectivity index (χ2n) is 7.64. The van der Waals surface area contributed by atoms with E-state index in [4.69, 9.17) is 10.5 Å². The summed E-state index contributed by atoms with van der Waals surface area (Å²) >= 11 is 3.42. The van der Waals surface area contributed by atoms with Crippen molar-refractivity contribution in [1.82, 2.24) is 14.7 Å². The third kappa shape index (κ3) is 3.38. The number of aromatic nitrogens is 2. The first kappa shape index (κ1) is 19.9. The summed E-state index contributed by atoms with van der Waals surface area (Å²) in [6, 6.07) is 5.37. The Morgan fingerprint density at radius 1 is 1.29 bits per heavy atom. The number of nitrogen functional groups attached to an aromatic ring is 1. The molecule has 2 aliphatic heterocycles. The first-order chi connectivity index (χ1) is 13.3. The van der Waals surface area contributed by atoms with Gasteiger partial charge in [-0.05, 0) is 66.9 Å². The van der Waals surface area contributed by atoms with Gasteiger partial charge in [-0.1, -0.05) is 6.07 Å². The maximum atomic E-state index is 13.1. The number of rotatable bonds is 4. The fourth-order valence-corrected chi connectivity index (χ4v) is 6.80.